The molecule has 0 atom stereocenters. The maximum atomic E-state index is 11.9. The fourth-order valence-electron chi connectivity index (χ4n) is 2.71. The maximum Gasteiger partial charge on any atom is 0.193 e. The van der Waals surface area contributed by atoms with Crippen LogP contribution in [0.5, 0.6) is 5.75 Å². The van der Waals surface area contributed by atoms with E-state index in [0.29, 0.717) is 13.0 Å². The summed E-state index contributed by atoms with van der Waals surface area (Å²) in [5, 5.41) is 0.179. The Labute approximate surface area is 159 Å². The molecule has 0 heterocycles. The molecule has 0 saturated heterocycles. The first-order chi connectivity index (χ1) is 12.0. The molecule has 0 fully saturated rings. The molecular weight excluding hydrogens is 348 g/mol. The van der Waals surface area contributed by atoms with E-state index in [4.69, 9.17) is 4.74 Å². The molecule has 0 aliphatic rings. The van der Waals surface area contributed by atoms with Crippen LogP contribution in [0.3, 0.4) is 0 Å². The fraction of sp³-hybridized carbons (Fsp3) is 0.381. The van der Waals surface area contributed by atoms with Crippen LogP contribution >= 0.6 is 23.5 Å². The highest BCUT2D eigenvalue weighted by atomic mass is 32.2. The number of aryl methyl sites for hydroxylation is 3. The number of ether oxygens (including phenoxy) is 1. The second-order valence-electron chi connectivity index (χ2n) is 5.95. The normalized spacial score (nSPS) is 10.8. The van der Waals surface area contributed by atoms with Crippen molar-refractivity contribution in [3.8, 4) is 5.75 Å². The summed E-state index contributed by atoms with van der Waals surface area (Å²) in [4.78, 5) is 14.1. The van der Waals surface area contributed by atoms with E-state index in [1.165, 1.54) is 22.9 Å². The zero-order valence-corrected chi connectivity index (χ0v) is 17.3. The quantitative estimate of drug-likeness (QED) is 0.539. The van der Waals surface area contributed by atoms with Gasteiger partial charge in [0.15, 0.2) is 5.12 Å². The molecule has 0 aromatic heterocycles. The molecule has 2 aromatic carbocycles. The molecule has 25 heavy (non-hydrogen) atoms. The van der Waals surface area contributed by atoms with Crippen molar-refractivity contribution in [3.05, 3.63) is 52.6 Å². The minimum atomic E-state index is 0.179. The lowest BCUT2D eigenvalue weighted by atomic mass is 10.0. The molecular formula is C21H26O2S2. The number of hydrogen-bond donors (Lipinski definition) is 0. The van der Waals surface area contributed by atoms with Crippen molar-refractivity contribution < 1.29 is 9.53 Å². The lowest BCUT2D eigenvalue weighted by Crippen LogP contribution is -2.03. The van der Waals surface area contributed by atoms with Crippen LogP contribution in [-0.2, 0) is 17.8 Å². The van der Waals surface area contributed by atoms with Gasteiger partial charge in [0.25, 0.3) is 0 Å². The topological polar surface area (TPSA) is 26.3 Å². The Morgan fingerprint density at radius 2 is 1.80 bits per heavy atom. The Kier molecular flexibility index (Phi) is 7.45. The van der Waals surface area contributed by atoms with E-state index in [0.717, 1.165) is 33.1 Å². The molecule has 0 bridgehead atoms. The third-order valence-corrected chi connectivity index (χ3v) is 6.15. The van der Waals surface area contributed by atoms with E-state index >= 15 is 0 Å². The lowest BCUT2D eigenvalue weighted by molar-refractivity contribution is -0.110. The molecule has 0 aliphatic carbocycles. The summed E-state index contributed by atoms with van der Waals surface area (Å²) in [6.45, 7) is 8.76. The van der Waals surface area contributed by atoms with Crippen LogP contribution in [0.15, 0.2) is 40.1 Å². The standard InChI is InChI=1S/C21H26O2S2/c1-6-16-11-15(4)18(12-14(16)3)23-13-17-19(24-5)9-8-10-20(17)25-21(22)7-2/h8-12H,6-7,13H2,1-5H3. The van der Waals surface area contributed by atoms with E-state index in [2.05, 4.69) is 45.2 Å². The Hall–Kier alpha value is -1.39. The van der Waals surface area contributed by atoms with Crippen LogP contribution in [0.4, 0.5) is 0 Å². The van der Waals surface area contributed by atoms with E-state index in [9.17, 15) is 4.79 Å². The summed E-state index contributed by atoms with van der Waals surface area (Å²) in [7, 11) is 0. The fourth-order valence-corrected chi connectivity index (χ4v) is 4.23. The zero-order valence-electron chi connectivity index (χ0n) is 15.6. The summed E-state index contributed by atoms with van der Waals surface area (Å²) in [5.41, 5.74) is 4.87. The summed E-state index contributed by atoms with van der Waals surface area (Å²) in [6, 6.07) is 10.4. The smallest absolute Gasteiger partial charge is 0.193 e. The van der Waals surface area contributed by atoms with E-state index in [-0.39, 0.29) is 5.12 Å². The Morgan fingerprint density at radius 3 is 2.44 bits per heavy atom. The zero-order chi connectivity index (χ0) is 18.4. The molecule has 4 heteroatoms. The van der Waals surface area contributed by atoms with Gasteiger partial charge < -0.3 is 4.74 Å². The first kappa shape index (κ1) is 19.9. The van der Waals surface area contributed by atoms with E-state index in [1.54, 1.807) is 11.8 Å². The summed E-state index contributed by atoms with van der Waals surface area (Å²) in [5.74, 6) is 0.920. The number of hydrogen-bond acceptors (Lipinski definition) is 4. The predicted molar refractivity (Wildman–Crippen MR) is 109 cm³/mol. The van der Waals surface area contributed by atoms with Gasteiger partial charge >= 0.3 is 0 Å². The molecule has 2 nitrogen and oxygen atoms in total. The van der Waals surface area contributed by atoms with Crippen LogP contribution in [0.1, 0.15) is 42.5 Å². The number of carbonyl (C=O) groups excluding carboxylic acids is 1. The molecule has 0 amide bonds. The van der Waals surface area contributed by atoms with Gasteiger partial charge in [0.1, 0.15) is 12.4 Å². The van der Waals surface area contributed by atoms with Crippen molar-refractivity contribution in [2.45, 2.75) is 56.9 Å². The SMILES string of the molecule is CCC(=O)Sc1cccc(SC)c1COc1cc(C)c(CC)cc1C. The summed E-state index contributed by atoms with van der Waals surface area (Å²) in [6.07, 6.45) is 3.62. The highest BCUT2D eigenvalue weighted by Gasteiger charge is 2.13. The van der Waals surface area contributed by atoms with Gasteiger partial charge in [0.05, 0.1) is 0 Å². The second kappa shape index (κ2) is 9.35. The molecule has 0 unspecified atom stereocenters. The van der Waals surface area contributed by atoms with E-state index in [1.807, 2.05) is 19.1 Å². The number of carbonyl (C=O) groups is 1. The highest BCUT2D eigenvalue weighted by molar-refractivity contribution is 8.13. The van der Waals surface area contributed by atoms with Gasteiger partial charge in [-0.2, -0.15) is 0 Å². The van der Waals surface area contributed by atoms with Crippen LogP contribution in [0.25, 0.3) is 0 Å². The predicted octanol–water partition coefficient (Wildman–Crippen LogP) is 6.20. The molecule has 0 aliphatic heterocycles. The Bertz CT molecular complexity index is 754. The number of thioether (sulfide) groups is 2. The molecule has 2 aromatic rings. The van der Waals surface area contributed by atoms with Gasteiger partial charge in [0.2, 0.25) is 0 Å². The maximum absolute atomic E-state index is 11.9. The first-order valence-corrected chi connectivity index (χ1v) is 10.6. The average molecular weight is 375 g/mol. The minimum absolute atomic E-state index is 0.179. The highest BCUT2D eigenvalue weighted by Crippen LogP contribution is 2.33. The van der Waals surface area contributed by atoms with Gasteiger partial charge in [-0.3, -0.25) is 4.79 Å². The van der Waals surface area contributed by atoms with Gasteiger partial charge in [-0.1, -0.05) is 37.7 Å². The van der Waals surface area contributed by atoms with Crippen molar-refractivity contribution in [1.82, 2.24) is 0 Å². The largest absolute Gasteiger partial charge is 0.489 e. The Morgan fingerprint density at radius 1 is 1.08 bits per heavy atom. The van der Waals surface area contributed by atoms with Crippen molar-refractivity contribution in [3.63, 3.8) is 0 Å². The van der Waals surface area contributed by atoms with Crippen LogP contribution in [-0.4, -0.2) is 11.4 Å². The van der Waals surface area contributed by atoms with Crippen LogP contribution < -0.4 is 4.74 Å². The van der Waals surface area contributed by atoms with Crippen LogP contribution in [0.2, 0.25) is 0 Å². The van der Waals surface area contributed by atoms with Crippen LogP contribution in [0, 0.1) is 13.8 Å². The summed E-state index contributed by atoms with van der Waals surface area (Å²) < 4.78 is 6.16. The number of benzene rings is 2. The van der Waals surface area contributed by atoms with Crippen molar-refractivity contribution in [2.24, 2.45) is 0 Å². The first-order valence-electron chi connectivity index (χ1n) is 8.59. The third kappa shape index (κ3) is 5.05. The molecule has 0 saturated carbocycles. The monoisotopic (exact) mass is 374 g/mol. The average Bonchev–Trinajstić information content (AvgIpc) is 2.62. The van der Waals surface area contributed by atoms with Gasteiger partial charge in [-0.05, 0) is 61.4 Å². The van der Waals surface area contributed by atoms with Gasteiger partial charge in [-0.15, -0.1) is 11.8 Å². The van der Waals surface area contributed by atoms with Gasteiger partial charge in [0, 0.05) is 21.8 Å². The summed E-state index contributed by atoms with van der Waals surface area (Å²) >= 11 is 3.00. The van der Waals surface area contributed by atoms with Gasteiger partial charge in [-0.25, -0.2) is 0 Å². The van der Waals surface area contributed by atoms with Crippen molar-refractivity contribution >= 4 is 28.6 Å². The molecule has 0 radical (unpaired) electrons. The minimum Gasteiger partial charge on any atom is -0.489 e. The lowest BCUT2D eigenvalue weighted by Gasteiger charge is -2.16. The Balaban J connectivity index is 2.28. The molecule has 0 spiro atoms. The molecule has 2 rings (SSSR count). The number of rotatable bonds is 7. The molecule has 134 valence electrons. The van der Waals surface area contributed by atoms with Crippen molar-refractivity contribution in [1.29, 1.82) is 0 Å². The third-order valence-electron chi connectivity index (χ3n) is 4.21. The van der Waals surface area contributed by atoms with Crippen molar-refractivity contribution in [2.75, 3.05) is 6.26 Å². The molecule has 0 N–H and O–H groups in total. The van der Waals surface area contributed by atoms with E-state index < -0.39 is 0 Å². The second-order valence-corrected chi connectivity index (χ2v) is 7.90.